The highest BCUT2D eigenvalue weighted by molar-refractivity contribution is 5.41. The van der Waals surface area contributed by atoms with Crippen molar-refractivity contribution in [2.24, 2.45) is 0 Å². The lowest BCUT2D eigenvalue weighted by Crippen LogP contribution is -2.42. The zero-order valence-corrected chi connectivity index (χ0v) is 10.6. The average molecular weight is 235 g/mol. The molecule has 5 nitrogen and oxygen atoms in total. The van der Waals surface area contributed by atoms with Crippen molar-refractivity contribution in [2.75, 3.05) is 37.3 Å². The Morgan fingerprint density at radius 2 is 2.24 bits per heavy atom. The van der Waals surface area contributed by atoms with Crippen LogP contribution >= 0.6 is 0 Å². The van der Waals surface area contributed by atoms with Gasteiger partial charge in [0.2, 0.25) is 0 Å². The van der Waals surface area contributed by atoms with Crippen LogP contribution in [-0.2, 0) is 0 Å². The number of rotatable bonds is 4. The number of hydrogen-bond donors (Lipinski definition) is 2. The van der Waals surface area contributed by atoms with Crippen molar-refractivity contribution in [1.29, 1.82) is 0 Å². The molecule has 94 valence electrons. The quantitative estimate of drug-likeness (QED) is 0.826. The number of nitrogens with zero attached hydrogens (tertiary/aromatic N) is 3. The van der Waals surface area contributed by atoms with E-state index in [9.17, 15) is 0 Å². The fourth-order valence-electron chi connectivity index (χ4n) is 2.23. The van der Waals surface area contributed by atoms with Crippen LogP contribution in [0, 0.1) is 0 Å². The molecular weight excluding hydrogens is 214 g/mol. The Bertz CT molecular complexity index is 355. The van der Waals surface area contributed by atoms with Crippen LogP contribution in [0.1, 0.15) is 19.8 Å². The number of hydrogen-bond acceptors (Lipinski definition) is 5. The van der Waals surface area contributed by atoms with Crippen molar-refractivity contribution in [3.8, 4) is 0 Å². The lowest BCUT2D eigenvalue weighted by Gasteiger charge is -2.32. The van der Waals surface area contributed by atoms with Gasteiger partial charge in [-0.05, 0) is 25.9 Å². The maximum Gasteiger partial charge on any atom is 0.147 e. The molecule has 2 rings (SSSR count). The van der Waals surface area contributed by atoms with E-state index in [2.05, 4.69) is 32.4 Å². The highest BCUT2D eigenvalue weighted by Crippen LogP contribution is 2.14. The second kappa shape index (κ2) is 5.82. The molecule has 1 aromatic rings. The van der Waals surface area contributed by atoms with E-state index in [-0.39, 0.29) is 0 Å². The van der Waals surface area contributed by atoms with Crippen LogP contribution in [0.3, 0.4) is 0 Å². The molecule has 1 fully saturated rings. The van der Waals surface area contributed by atoms with Crippen molar-refractivity contribution in [3.63, 3.8) is 0 Å². The van der Waals surface area contributed by atoms with E-state index in [1.807, 2.05) is 7.05 Å². The van der Waals surface area contributed by atoms with Crippen molar-refractivity contribution < 1.29 is 0 Å². The first-order valence-electron chi connectivity index (χ1n) is 6.30. The molecule has 0 saturated carbocycles. The Balaban J connectivity index is 1.95. The minimum absolute atomic E-state index is 0.491. The minimum Gasteiger partial charge on any atom is -0.372 e. The summed E-state index contributed by atoms with van der Waals surface area (Å²) in [7, 11) is 1.85. The molecule has 0 bridgehead atoms. The average Bonchev–Trinajstić information content (AvgIpc) is 2.39. The molecular formula is C12H21N5. The summed E-state index contributed by atoms with van der Waals surface area (Å²) in [5, 5.41) is 6.47. The summed E-state index contributed by atoms with van der Waals surface area (Å²) >= 11 is 0. The first kappa shape index (κ1) is 12.1. The van der Waals surface area contributed by atoms with Crippen LogP contribution in [0.2, 0.25) is 0 Å². The topological polar surface area (TPSA) is 53.1 Å². The van der Waals surface area contributed by atoms with E-state index < -0.39 is 0 Å². The Labute approximate surface area is 103 Å². The van der Waals surface area contributed by atoms with E-state index in [0.717, 1.165) is 24.7 Å². The second-order valence-corrected chi connectivity index (χ2v) is 4.42. The highest BCUT2D eigenvalue weighted by atomic mass is 15.2. The lowest BCUT2D eigenvalue weighted by molar-refractivity contribution is 0.226. The van der Waals surface area contributed by atoms with Gasteiger partial charge in [0.05, 0.1) is 12.4 Å². The molecule has 17 heavy (non-hydrogen) atoms. The first-order chi connectivity index (χ1) is 8.31. The van der Waals surface area contributed by atoms with Crippen molar-refractivity contribution in [3.05, 3.63) is 12.4 Å². The number of anilines is 2. The van der Waals surface area contributed by atoms with Crippen molar-refractivity contribution in [1.82, 2.24) is 14.9 Å². The molecule has 2 heterocycles. The van der Waals surface area contributed by atoms with E-state index in [0.29, 0.717) is 6.04 Å². The van der Waals surface area contributed by atoms with Crippen LogP contribution in [0.4, 0.5) is 11.6 Å². The summed E-state index contributed by atoms with van der Waals surface area (Å²) in [6, 6.07) is 0.491. The smallest absolute Gasteiger partial charge is 0.147 e. The molecule has 0 aliphatic carbocycles. The molecule has 2 N–H and O–H groups in total. The fraction of sp³-hybridized carbons (Fsp3) is 0.667. The molecule has 0 aromatic carbocycles. The number of piperidine rings is 1. The molecule has 0 spiro atoms. The van der Waals surface area contributed by atoms with Gasteiger partial charge in [-0.2, -0.15) is 0 Å². The van der Waals surface area contributed by atoms with E-state index in [1.165, 1.54) is 19.4 Å². The number of aromatic nitrogens is 2. The minimum atomic E-state index is 0.491. The van der Waals surface area contributed by atoms with Crippen LogP contribution in [-0.4, -0.2) is 47.6 Å². The van der Waals surface area contributed by atoms with Gasteiger partial charge in [-0.3, -0.25) is 4.98 Å². The molecule has 1 atom stereocenters. The monoisotopic (exact) mass is 235 g/mol. The molecule has 1 aromatic heterocycles. The van der Waals surface area contributed by atoms with Gasteiger partial charge in [0.1, 0.15) is 11.6 Å². The van der Waals surface area contributed by atoms with Crippen molar-refractivity contribution in [2.45, 2.75) is 25.8 Å². The second-order valence-electron chi connectivity index (χ2n) is 4.42. The fourth-order valence-corrected chi connectivity index (χ4v) is 2.23. The maximum absolute atomic E-state index is 4.43. The van der Waals surface area contributed by atoms with E-state index in [1.54, 1.807) is 12.4 Å². The first-order valence-corrected chi connectivity index (χ1v) is 6.30. The molecule has 0 radical (unpaired) electrons. The van der Waals surface area contributed by atoms with Gasteiger partial charge in [-0.25, -0.2) is 4.98 Å². The van der Waals surface area contributed by atoms with Crippen LogP contribution in [0.15, 0.2) is 12.4 Å². The molecule has 1 unspecified atom stereocenters. The van der Waals surface area contributed by atoms with Gasteiger partial charge in [0, 0.05) is 19.6 Å². The Hall–Kier alpha value is -1.36. The third-order valence-corrected chi connectivity index (χ3v) is 3.20. The number of nitrogens with one attached hydrogen (secondary N) is 2. The Morgan fingerprint density at radius 3 is 3.00 bits per heavy atom. The van der Waals surface area contributed by atoms with Gasteiger partial charge in [0.25, 0.3) is 0 Å². The SMILES string of the molecule is CCN1CCCC(Nc2cncc(NC)n2)C1. The van der Waals surface area contributed by atoms with Crippen LogP contribution < -0.4 is 10.6 Å². The summed E-state index contributed by atoms with van der Waals surface area (Å²) in [4.78, 5) is 11.1. The number of likely N-dealkylation sites (tertiary alicyclic amines) is 1. The molecule has 1 aliphatic heterocycles. The summed E-state index contributed by atoms with van der Waals surface area (Å²) in [5.41, 5.74) is 0. The molecule has 0 amide bonds. The summed E-state index contributed by atoms with van der Waals surface area (Å²) in [6.07, 6.45) is 5.97. The Kier molecular flexibility index (Phi) is 4.14. The third kappa shape index (κ3) is 3.30. The summed E-state index contributed by atoms with van der Waals surface area (Å²) in [6.45, 7) is 5.66. The number of likely N-dealkylation sites (N-methyl/N-ethyl adjacent to an activating group) is 1. The normalized spacial score (nSPS) is 21.2. The van der Waals surface area contributed by atoms with E-state index in [4.69, 9.17) is 0 Å². The van der Waals surface area contributed by atoms with Gasteiger partial charge in [0.15, 0.2) is 0 Å². The zero-order valence-electron chi connectivity index (χ0n) is 10.6. The largest absolute Gasteiger partial charge is 0.372 e. The van der Waals surface area contributed by atoms with Crippen LogP contribution in [0.5, 0.6) is 0 Å². The highest BCUT2D eigenvalue weighted by Gasteiger charge is 2.18. The Morgan fingerprint density at radius 1 is 1.41 bits per heavy atom. The van der Waals surface area contributed by atoms with Gasteiger partial charge < -0.3 is 15.5 Å². The summed E-state index contributed by atoms with van der Waals surface area (Å²) < 4.78 is 0. The third-order valence-electron chi connectivity index (χ3n) is 3.20. The van der Waals surface area contributed by atoms with Gasteiger partial charge in [-0.1, -0.05) is 6.92 Å². The van der Waals surface area contributed by atoms with Crippen LogP contribution in [0.25, 0.3) is 0 Å². The lowest BCUT2D eigenvalue weighted by atomic mass is 10.1. The van der Waals surface area contributed by atoms with E-state index >= 15 is 0 Å². The zero-order chi connectivity index (χ0) is 12.1. The molecule has 5 heteroatoms. The molecule has 1 saturated heterocycles. The standard InChI is InChI=1S/C12H21N5/c1-3-17-6-4-5-10(9-17)15-12-8-14-7-11(13-2)16-12/h7-8,10H,3-6,9H2,1-2H3,(H2,13,15,16). The summed E-state index contributed by atoms with van der Waals surface area (Å²) in [5.74, 6) is 1.66. The maximum atomic E-state index is 4.43. The predicted octanol–water partition coefficient (Wildman–Crippen LogP) is 1.41. The predicted molar refractivity (Wildman–Crippen MR) is 70.3 cm³/mol. The van der Waals surface area contributed by atoms with Gasteiger partial charge >= 0.3 is 0 Å². The van der Waals surface area contributed by atoms with Crippen molar-refractivity contribution >= 4 is 11.6 Å². The molecule has 1 aliphatic rings. The van der Waals surface area contributed by atoms with Gasteiger partial charge in [-0.15, -0.1) is 0 Å².